The van der Waals surface area contributed by atoms with Gasteiger partial charge in [0.1, 0.15) is 11.9 Å². The number of aromatic nitrogens is 2. The Balaban J connectivity index is 2.42. The summed E-state index contributed by atoms with van der Waals surface area (Å²) in [6.07, 6.45) is 3.70. The molecule has 2 aromatic rings. The molecule has 1 aromatic carbocycles. The van der Waals surface area contributed by atoms with Crippen LogP contribution in [0.5, 0.6) is 0 Å². The summed E-state index contributed by atoms with van der Waals surface area (Å²) in [4.78, 5) is 4.34. The average molecular weight is 230 g/mol. The highest BCUT2D eigenvalue weighted by Crippen LogP contribution is 2.21. The van der Waals surface area contributed by atoms with Gasteiger partial charge in [0.25, 0.3) is 0 Å². The normalized spacial score (nSPS) is 12.7. The van der Waals surface area contributed by atoms with Gasteiger partial charge >= 0.3 is 0 Å². The van der Waals surface area contributed by atoms with Gasteiger partial charge in [0, 0.05) is 19.4 Å². The highest BCUT2D eigenvalue weighted by atomic mass is 15.3. The van der Waals surface area contributed by atoms with Gasteiger partial charge in [-0.3, -0.25) is 5.84 Å². The lowest BCUT2D eigenvalue weighted by Crippen LogP contribution is -2.30. The largest absolute Gasteiger partial charge is 0.336 e. The maximum absolute atomic E-state index is 5.65. The number of nitrogens with two attached hydrogens (primary N) is 1. The minimum Gasteiger partial charge on any atom is -0.336 e. The molecule has 1 atom stereocenters. The Morgan fingerprint density at radius 3 is 2.59 bits per heavy atom. The van der Waals surface area contributed by atoms with Crippen LogP contribution in [0.1, 0.15) is 28.6 Å². The summed E-state index contributed by atoms with van der Waals surface area (Å²) < 4.78 is 1.97. The second kappa shape index (κ2) is 4.69. The number of nitrogens with zero attached hydrogens (tertiary/aromatic N) is 2. The van der Waals surface area contributed by atoms with E-state index in [1.165, 1.54) is 11.1 Å². The predicted octanol–water partition coefficient (Wildman–Crippen LogP) is 1.59. The second-order valence-corrected chi connectivity index (χ2v) is 4.34. The molecule has 17 heavy (non-hydrogen) atoms. The minimum atomic E-state index is -0.0747. The van der Waals surface area contributed by atoms with Gasteiger partial charge in [-0.05, 0) is 30.5 Å². The molecule has 0 aliphatic rings. The minimum absolute atomic E-state index is 0.0747. The van der Waals surface area contributed by atoms with Crippen LogP contribution < -0.4 is 11.3 Å². The van der Waals surface area contributed by atoms with Crippen LogP contribution in [0.25, 0.3) is 0 Å². The Hall–Kier alpha value is -1.65. The summed E-state index contributed by atoms with van der Waals surface area (Å²) in [6, 6.07) is 6.27. The average Bonchev–Trinajstić information content (AvgIpc) is 2.71. The number of benzene rings is 1. The van der Waals surface area contributed by atoms with E-state index in [4.69, 9.17) is 5.84 Å². The summed E-state index contributed by atoms with van der Waals surface area (Å²) in [7, 11) is 1.97. The van der Waals surface area contributed by atoms with Gasteiger partial charge in [-0.2, -0.15) is 0 Å². The molecule has 2 rings (SSSR count). The Morgan fingerprint density at radius 1 is 1.29 bits per heavy atom. The third-order valence-corrected chi connectivity index (χ3v) is 3.15. The van der Waals surface area contributed by atoms with E-state index < -0.39 is 0 Å². The maximum atomic E-state index is 5.65. The summed E-state index contributed by atoms with van der Waals surface area (Å²) in [5.41, 5.74) is 6.50. The maximum Gasteiger partial charge on any atom is 0.131 e. The highest BCUT2D eigenvalue weighted by molar-refractivity contribution is 5.34. The number of hydrazine groups is 1. The molecule has 4 nitrogen and oxygen atoms in total. The van der Waals surface area contributed by atoms with Gasteiger partial charge in [-0.15, -0.1) is 0 Å². The van der Waals surface area contributed by atoms with Crippen molar-refractivity contribution in [3.63, 3.8) is 0 Å². The van der Waals surface area contributed by atoms with Crippen LogP contribution in [-0.4, -0.2) is 9.55 Å². The molecular weight excluding hydrogens is 212 g/mol. The quantitative estimate of drug-likeness (QED) is 0.622. The van der Waals surface area contributed by atoms with Crippen LogP contribution in [0.2, 0.25) is 0 Å². The first-order chi connectivity index (χ1) is 8.13. The van der Waals surface area contributed by atoms with Crippen molar-refractivity contribution in [2.24, 2.45) is 12.9 Å². The van der Waals surface area contributed by atoms with Crippen molar-refractivity contribution in [3.05, 3.63) is 53.1 Å². The van der Waals surface area contributed by atoms with Crippen LogP contribution in [-0.2, 0) is 7.05 Å². The summed E-state index contributed by atoms with van der Waals surface area (Å²) >= 11 is 0. The number of aryl methyl sites for hydroxylation is 3. The fourth-order valence-electron chi connectivity index (χ4n) is 1.92. The zero-order valence-electron chi connectivity index (χ0n) is 10.4. The molecule has 0 amide bonds. The molecule has 1 heterocycles. The Labute approximate surface area is 101 Å². The van der Waals surface area contributed by atoms with Gasteiger partial charge in [-0.1, -0.05) is 18.2 Å². The van der Waals surface area contributed by atoms with Crippen LogP contribution >= 0.6 is 0 Å². The van der Waals surface area contributed by atoms with Gasteiger partial charge < -0.3 is 4.57 Å². The first-order valence-corrected chi connectivity index (χ1v) is 5.64. The molecule has 0 saturated heterocycles. The topological polar surface area (TPSA) is 55.9 Å². The fourth-order valence-corrected chi connectivity index (χ4v) is 1.92. The molecular formula is C13H18N4. The number of imidazole rings is 1. The number of nitrogens with one attached hydrogen (secondary N) is 1. The van der Waals surface area contributed by atoms with Gasteiger partial charge in [-0.25, -0.2) is 10.4 Å². The van der Waals surface area contributed by atoms with E-state index in [-0.39, 0.29) is 6.04 Å². The number of hydrogen-bond acceptors (Lipinski definition) is 3. The molecule has 0 fully saturated rings. The summed E-state index contributed by atoms with van der Waals surface area (Å²) in [5.74, 6) is 6.56. The molecule has 0 radical (unpaired) electrons. The summed E-state index contributed by atoms with van der Waals surface area (Å²) in [6.45, 7) is 4.20. The van der Waals surface area contributed by atoms with Crippen LogP contribution in [0.4, 0.5) is 0 Å². The lowest BCUT2D eigenvalue weighted by molar-refractivity contribution is 0.579. The highest BCUT2D eigenvalue weighted by Gasteiger charge is 2.16. The Kier molecular flexibility index (Phi) is 3.26. The standard InChI is InChI=1S/C13H18N4/c1-9-4-5-11(8-10(9)2)12(16-14)13-15-6-7-17(13)3/h4-8,12,16H,14H2,1-3H3. The first-order valence-electron chi connectivity index (χ1n) is 5.64. The predicted molar refractivity (Wildman–Crippen MR) is 68.3 cm³/mol. The third kappa shape index (κ3) is 2.23. The lowest BCUT2D eigenvalue weighted by atomic mass is 10.0. The van der Waals surface area contributed by atoms with Gasteiger partial charge in [0.15, 0.2) is 0 Å². The van der Waals surface area contributed by atoms with Crippen molar-refractivity contribution in [2.45, 2.75) is 19.9 Å². The van der Waals surface area contributed by atoms with E-state index in [0.717, 1.165) is 11.4 Å². The van der Waals surface area contributed by atoms with E-state index in [0.29, 0.717) is 0 Å². The molecule has 0 saturated carbocycles. The van der Waals surface area contributed by atoms with Crippen molar-refractivity contribution in [1.82, 2.24) is 15.0 Å². The van der Waals surface area contributed by atoms with Crippen LogP contribution in [0.3, 0.4) is 0 Å². The SMILES string of the molecule is Cc1ccc(C(NN)c2nccn2C)cc1C. The Morgan fingerprint density at radius 2 is 2.06 bits per heavy atom. The van der Waals surface area contributed by atoms with Crippen molar-refractivity contribution in [1.29, 1.82) is 0 Å². The molecule has 0 bridgehead atoms. The number of rotatable bonds is 3. The molecule has 0 aliphatic carbocycles. The van der Waals surface area contributed by atoms with Crippen LogP contribution in [0.15, 0.2) is 30.6 Å². The van der Waals surface area contributed by atoms with Crippen molar-refractivity contribution >= 4 is 0 Å². The molecule has 90 valence electrons. The molecule has 1 aromatic heterocycles. The van der Waals surface area contributed by atoms with Crippen molar-refractivity contribution in [2.75, 3.05) is 0 Å². The van der Waals surface area contributed by atoms with Crippen molar-refractivity contribution in [3.8, 4) is 0 Å². The molecule has 0 aliphatic heterocycles. The van der Waals surface area contributed by atoms with E-state index in [9.17, 15) is 0 Å². The van der Waals surface area contributed by atoms with Crippen LogP contribution in [0, 0.1) is 13.8 Å². The molecule has 4 heteroatoms. The van der Waals surface area contributed by atoms with E-state index >= 15 is 0 Å². The number of hydrogen-bond donors (Lipinski definition) is 2. The zero-order chi connectivity index (χ0) is 12.4. The van der Waals surface area contributed by atoms with Gasteiger partial charge in [0.2, 0.25) is 0 Å². The molecule has 1 unspecified atom stereocenters. The van der Waals surface area contributed by atoms with Gasteiger partial charge in [0.05, 0.1) is 0 Å². The first kappa shape index (κ1) is 11.8. The smallest absolute Gasteiger partial charge is 0.131 e. The third-order valence-electron chi connectivity index (χ3n) is 3.15. The zero-order valence-corrected chi connectivity index (χ0v) is 10.4. The Bertz CT molecular complexity index is 516. The monoisotopic (exact) mass is 230 g/mol. The second-order valence-electron chi connectivity index (χ2n) is 4.34. The van der Waals surface area contributed by atoms with E-state index in [2.05, 4.69) is 42.5 Å². The summed E-state index contributed by atoms with van der Waals surface area (Å²) in [5, 5.41) is 0. The lowest BCUT2D eigenvalue weighted by Gasteiger charge is -2.17. The van der Waals surface area contributed by atoms with E-state index in [1.54, 1.807) is 6.20 Å². The fraction of sp³-hybridized carbons (Fsp3) is 0.308. The molecule has 0 spiro atoms. The van der Waals surface area contributed by atoms with E-state index in [1.807, 2.05) is 17.8 Å². The molecule has 3 N–H and O–H groups in total. The van der Waals surface area contributed by atoms with Crippen molar-refractivity contribution < 1.29 is 0 Å².